The molecular formula is C10H16N3O2S2. The Kier molecular flexibility index (Phi) is 14.3. The Morgan fingerprint density at radius 3 is 1.59 bits per heavy atom. The van der Waals surface area contributed by atoms with Crippen molar-refractivity contribution in [1.82, 2.24) is 16.8 Å². The van der Waals surface area contributed by atoms with Gasteiger partial charge in [-0.15, -0.1) is 0 Å². The topological polar surface area (TPSA) is 88.7 Å². The molecule has 0 saturated heterocycles. The Morgan fingerprint density at radius 1 is 0.941 bits per heavy atom. The molecule has 0 spiro atoms. The van der Waals surface area contributed by atoms with Crippen LogP contribution in [0.3, 0.4) is 0 Å². The lowest BCUT2D eigenvalue weighted by molar-refractivity contribution is -0.117. The van der Waals surface area contributed by atoms with Crippen LogP contribution in [-0.2, 0) is 9.59 Å². The molecule has 0 heterocycles. The number of hydrogen-bond acceptors (Lipinski definition) is 4. The Hall–Kier alpha value is -0.920. The van der Waals surface area contributed by atoms with E-state index >= 15 is 0 Å². The summed E-state index contributed by atoms with van der Waals surface area (Å²) in [6.07, 6.45) is 2.51. The summed E-state index contributed by atoms with van der Waals surface area (Å²) in [5, 5.41) is 5.35. The Bertz CT molecular complexity index is 234. The Labute approximate surface area is 110 Å². The molecule has 5 nitrogen and oxygen atoms in total. The predicted octanol–water partition coefficient (Wildman–Crippen LogP) is 0.492. The second-order valence-corrected chi connectivity index (χ2v) is 5.34. The standard InChI is InChI=1S/C10H16N2O2S2.N/c1-3-9(13)11-5-7-15-16-8-6-12-10(14)4-2;/h3-4H,1-2,5-8H2,(H,11,13)(H,12,14);. The number of nitrogens with zero attached hydrogens (tertiary/aromatic N) is 1. The van der Waals surface area contributed by atoms with Gasteiger partial charge in [0.25, 0.3) is 0 Å². The predicted molar refractivity (Wildman–Crippen MR) is 73.5 cm³/mol. The van der Waals surface area contributed by atoms with E-state index in [2.05, 4.69) is 23.8 Å². The van der Waals surface area contributed by atoms with Gasteiger partial charge in [0.2, 0.25) is 11.8 Å². The van der Waals surface area contributed by atoms with Crippen LogP contribution >= 0.6 is 21.6 Å². The van der Waals surface area contributed by atoms with Crippen molar-refractivity contribution in [3.63, 3.8) is 0 Å². The summed E-state index contributed by atoms with van der Waals surface area (Å²) in [5.74, 6) is 1.37. The van der Waals surface area contributed by atoms with Gasteiger partial charge in [0, 0.05) is 30.7 Å². The number of hydrogen-bond donors (Lipinski definition) is 2. The first-order valence-electron chi connectivity index (χ1n) is 4.75. The third-order valence-electron chi connectivity index (χ3n) is 1.42. The van der Waals surface area contributed by atoms with E-state index in [4.69, 9.17) is 0 Å². The molecule has 2 N–H and O–H groups in total. The molecule has 95 valence electrons. The summed E-state index contributed by atoms with van der Waals surface area (Å²) in [7, 11) is 3.31. The summed E-state index contributed by atoms with van der Waals surface area (Å²) in [6, 6.07) is 0. The lowest BCUT2D eigenvalue weighted by Crippen LogP contribution is -2.23. The van der Waals surface area contributed by atoms with E-state index in [1.54, 1.807) is 21.6 Å². The zero-order valence-corrected chi connectivity index (χ0v) is 11.1. The summed E-state index contributed by atoms with van der Waals surface area (Å²) in [5.41, 5.74) is 0. The molecule has 0 atom stereocenters. The molecule has 0 bridgehead atoms. The first-order valence-corrected chi connectivity index (χ1v) is 7.24. The van der Waals surface area contributed by atoms with Crippen LogP contribution in [0.15, 0.2) is 25.3 Å². The van der Waals surface area contributed by atoms with Crippen LogP contribution in [0.4, 0.5) is 0 Å². The van der Waals surface area contributed by atoms with Crippen LogP contribution < -0.4 is 16.8 Å². The number of carbonyl (C=O) groups is 2. The van der Waals surface area contributed by atoms with E-state index in [9.17, 15) is 9.59 Å². The van der Waals surface area contributed by atoms with E-state index in [0.717, 1.165) is 11.5 Å². The van der Waals surface area contributed by atoms with Gasteiger partial charge >= 0.3 is 0 Å². The van der Waals surface area contributed by atoms with Crippen molar-refractivity contribution in [3.05, 3.63) is 25.3 Å². The van der Waals surface area contributed by atoms with Crippen molar-refractivity contribution < 1.29 is 9.59 Å². The second kappa shape index (κ2) is 13.1. The van der Waals surface area contributed by atoms with Gasteiger partial charge < -0.3 is 10.6 Å². The first kappa shape index (κ1) is 18.4. The van der Waals surface area contributed by atoms with Crippen LogP contribution in [0.1, 0.15) is 0 Å². The van der Waals surface area contributed by atoms with Gasteiger partial charge in [0.1, 0.15) is 0 Å². The lowest BCUT2D eigenvalue weighted by Gasteiger charge is -2.03. The van der Waals surface area contributed by atoms with Crippen molar-refractivity contribution in [2.45, 2.75) is 0 Å². The number of rotatable bonds is 9. The highest BCUT2D eigenvalue weighted by Crippen LogP contribution is 2.19. The molecule has 2 amide bonds. The highest BCUT2D eigenvalue weighted by atomic mass is 33.1. The minimum absolute atomic E-state index is 0. The highest BCUT2D eigenvalue weighted by molar-refractivity contribution is 8.76. The smallest absolute Gasteiger partial charge is 0.243 e. The van der Waals surface area contributed by atoms with E-state index < -0.39 is 0 Å². The maximum Gasteiger partial charge on any atom is 0.243 e. The van der Waals surface area contributed by atoms with Crippen LogP contribution in [0.2, 0.25) is 0 Å². The minimum atomic E-state index is -0.149. The Balaban J connectivity index is 0. The molecule has 17 heavy (non-hydrogen) atoms. The normalized spacial score (nSPS) is 8.71. The highest BCUT2D eigenvalue weighted by Gasteiger charge is 1.95. The van der Waals surface area contributed by atoms with Crippen molar-refractivity contribution in [1.29, 1.82) is 0 Å². The molecule has 3 radical (unpaired) electrons. The average Bonchev–Trinajstić information content (AvgIpc) is 2.31. The van der Waals surface area contributed by atoms with E-state index in [1.165, 1.54) is 12.2 Å². The summed E-state index contributed by atoms with van der Waals surface area (Å²) >= 11 is 0. The molecular weight excluding hydrogens is 258 g/mol. The lowest BCUT2D eigenvalue weighted by atomic mass is 10.6. The van der Waals surface area contributed by atoms with E-state index in [-0.39, 0.29) is 18.0 Å². The van der Waals surface area contributed by atoms with E-state index in [0.29, 0.717) is 13.1 Å². The van der Waals surface area contributed by atoms with Gasteiger partial charge in [-0.3, -0.25) is 9.59 Å². The number of nitrogens with one attached hydrogen (secondary N) is 2. The van der Waals surface area contributed by atoms with Gasteiger partial charge in [0.05, 0.1) is 0 Å². The molecule has 0 fully saturated rings. The van der Waals surface area contributed by atoms with Gasteiger partial charge in [-0.2, -0.15) is 0 Å². The van der Waals surface area contributed by atoms with Crippen molar-refractivity contribution in [2.75, 3.05) is 24.6 Å². The molecule has 0 aliphatic carbocycles. The molecule has 0 rings (SSSR count). The zero-order chi connectivity index (χ0) is 12.2. The van der Waals surface area contributed by atoms with E-state index in [1.807, 2.05) is 0 Å². The SMILES string of the molecule is C=CC(=O)NCCSSCCNC(=O)C=C.[N]. The van der Waals surface area contributed by atoms with Crippen LogP contribution in [0, 0.1) is 0 Å². The summed E-state index contributed by atoms with van der Waals surface area (Å²) in [6.45, 7) is 7.96. The van der Waals surface area contributed by atoms with Crippen LogP contribution in [0.25, 0.3) is 0 Å². The third-order valence-corrected chi connectivity index (χ3v) is 3.83. The van der Waals surface area contributed by atoms with Gasteiger partial charge in [-0.25, -0.2) is 0 Å². The minimum Gasteiger partial charge on any atom is -0.352 e. The molecule has 0 aliphatic rings. The zero-order valence-electron chi connectivity index (χ0n) is 9.48. The fourth-order valence-corrected chi connectivity index (χ4v) is 2.51. The molecule has 0 aliphatic heterocycles. The van der Waals surface area contributed by atoms with Crippen LogP contribution in [-0.4, -0.2) is 36.4 Å². The maximum absolute atomic E-state index is 10.8. The number of carbonyl (C=O) groups excluding carboxylic acids is 2. The fraction of sp³-hybridized carbons (Fsp3) is 0.400. The molecule has 0 aromatic rings. The van der Waals surface area contributed by atoms with Crippen molar-refractivity contribution in [3.8, 4) is 0 Å². The van der Waals surface area contributed by atoms with Crippen molar-refractivity contribution >= 4 is 33.4 Å². The molecule has 0 aromatic carbocycles. The van der Waals surface area contributed by atoms with Crippen molar-refractivity contribution in [2.24, 2.45) is 0 Å². The third kappa shape index (κ3) is 13.0. The first-order chi connectivity index (χ1) is 7.70. The molecule has 0 aromatic heterocycles. The van der Waals surface area contributed by atoms with Gasteiger partial charge in [-0.1, -0.05) is 34.7 Å². The monoisotopic (exact) mass is 274 g/mol. The summed E-state index contributed by atoms with van der Waals surface area (Å²) < 4.78 is 0. The molecule has 0 saturated carbocycles. The van der Waals surface area contributed by atoms with Gasteiger partial charge in [-0.05, 0) is 12.2 Å². The number of amides is 2. The molecule has 7 heteroatoms. The average molecular weight is 274 g/mol. The summed E-state index contributed by atoms with van der Waals surface area (Å²) in [4.78, 5) is 21.5. The Morgan fingerprint density at radius 2 is 1.29 bits per heavy atom. The van der Waals surface area contributed by atoms with Gasteiger partial charge in [0.15, 0.2) is 0 Å². The van der Waals surface area contributed by atoms with Crippen LogP contribution in [0.5, 0.6) is 0 Å². The second-order valence-electron chi connectivity index (χ2n) is 2.63. The maximum atomic E-state index is 10.8. The molecule has 0 unspecified atom stereocenters. The quantitative estimate of drug-likeness (QED) is 0.364. The largest absolute Gasteiger partial charge is 0.352 e. The fourth-order valence-electron chi connectivity index (χ4n) is 0.694.